The average molecular weight is 430 g/mol. The minimum absolute atomic E-state index is 0.0789. The number of carbonyl (C=O) groups is 1. The highest BCUT2D eigenvalue weighted by Gasteiger charge is 2.64. The highest BCUT2D eigenvalue weighted by molar-refractivity contribution is 5.83. The second-order valence-electron chi connectivity index (χ2n) is 13.2. The van der Waals surface area contributed by atoms with E-state index in [-0.39, 0.29) is 17.4 Å². The Kier molecular flexibility index (Phi) is 4.78. The van der Waals surface area contributed by atoms with Gasteiger partial charge in [-0.3, -0.25) is 9.69 Å². The molecule has 0 radical (unpaired) electrons. The van der Waals surface area contributed by atoms with Crippen LogP contribution in [0.2, 0.25) is 0 Å². The molecule has 2 heterocycles. The van der Waals surface area contributed by atoms with E-state index in [1.165, 1.54) is 25.8 Å². The molecule has 0 amide bonds. The third-order valence-electron chi connectivity index (χ3n) is 11.8. The predicted octanol–water partition coefficient (Wildman–Crippen LogP) is 3.89. The first-order chi connectivity index (χ1) is 14.7. The Balaban J connectivity index is 1.31. The lowest BCUT2D eigenvalue weighted by molar-refractivity contribution is -0.175. The fraction of sp³-hybridized carbons (Fsp3) is 0.963. The van der Waals surface area contributed by atoms with E-state index in [1.807, 2.05) is 0 Å². The monoisotopic (exact) mass is 429 g/mol. The van der Waals surface area contributed by atoms with Crippen LogP contribution >= 0.6 is 0 Å². The van der Waals surface area contributed by atoms with Gasteiger partial charge in [-0.1, -0.05) is 13.8 Å². The van der Waals surface area contributed by atoms with E-state index >= 15 is 0 Å². The van der Waals surface area contributed by atoms with Gasteiger partial charge in [0.05, 0.1) is 11.7 Å². The van der Waals surface area contributed by atoms with Crippen LogP contribution in [0.5, 0.6) is 0 Å². The van der Waals surface area contributed by atoms with Crippen molar-refractivity contribution in [2.24, 2.45) is 52.8 Å². The lowest BCUT2D eigenvalue weighted by Gasteiger charge is -2.59. The smallest absolute Gasteiger partial charge is 0.136 e. The molecule has 0 bridgehead atoms. The number of Topliss-reactive ketones (excluding diaryl/α,β-unsaturated/α-hetero) is 1. The Labute approximate surface area is 188 Å². The quantitative estimate of drug-likeness (QED) is 0.613. The molecule has 2 aliphatic heterocycles. The molecule has 6 aliphatic rings. The van der Waals surface area contributed by atoms with Gasteiger partial charge in [0.2, 0.25) is 0 Å². The molecule has 0 aromatic rings. The summed E-state index contributed by atoms with van der Waals surface area (Å²) in [5, 5.41) is 22.1. The second-order valence-corrected chi connectivity index (χ2v) is 13.2. The number of piperidine rings is 2. The molecule has 31 heavy (non-hydrogen) atoms. The SMILES string of the molecule is C[C@@H]1CC[C@@H]2N(C1)C[C@@H]1[C@@H]3C[C@@H]4[C@H](CC(=O)[C@@H]5C[C@H](O)CC[C@]45C)[C@@H]3CC[C@H]1[C@@]2(C)O. The number of ketones is 1. The third kappa shape index (κ3) is 2.93. The Hall–Kier alpha value is -0.450. The number of carbonyl (C=O) groups excluding carboxylic acids is 1. The molecule has 4 heteroatoms. The van der Waals surface area contributed by atoms with E-state index in [0.717, 1.165) is 44.6 Å². The number of aliphatic hydroxyl groups excluding tert-OH is 1. The van der Waals surface area contributed by atoms with Crippen LogP contribution in [0, 0.1) is 52.8 Å². The highest BCUT2D eigenvalue weighted by atomic mass is 16.3. The average Bonchev–Trinajstić information content (AvgIpc) is 3.09. The minimum Gasteiger partial charge on any atom is -0.393 e. The summed E-state index contributed by atoms with van der Waals surface area (Å²) in [6.07, 6.45) is 9.08. The molecule has 0 aromatic heterocycles. The molecule has 2 saturated heterocycles. The summed E-state index contributed by atoms with van der Waals surface area (Å²) in [5.74, 6) is 4.82. The summed E-state index contributed by atoms with van der Waals surface area (Å²) in [4.78, 5) is 15.9. The summed E-state index contributed by atoms with van der Waals surface area (Å²) in [7, 11) is 0. The van der Waals surface area contributed by atoms with Crippen molar-refractivity contribution in [3.8, 4) is 0 Å². The van der Waals surface area contributed by atoms with Crippen LogP contribution in [-0.2, 0) is 4.79 Å². The van der Waals surface area contributed by atoms with Gasteiger partial charge in [-0.25, -0.2) is 0 Å². The molecule has 174 valence electrons. The van der Waals surface area contributed by atoms with Gasteiger partial charge < -0.3 is 10.2 Å². The van der Waals surface area contributed by atoms with Crippen molar-refractivity contribution in [3.63, 3.8) is 0 Å². The van der Waals surface area contributed by atoms with Gasteiger partial charge in [-0.15, -0.1) is 0 Å². The van der Waals surface area contributed by atoms with Crippen LogP contribution in [0.1, 0.15) is 78.6 Å². The lowest BCUT2D eigenvalue weighted by atomic mass is 9.51. The maximum Gasteiger partial charge on any atom is 0.136 e. The van der Waals surface area contributed by atoms with E-state index in [4.69, 9.17) is 0 Å². The summed E-state index contributed by atoms with van der Waals surface area (Å²) in [5.41, 5.74) is -0.482. The summed E-state index contributed by atoms with van der Waals surface area (Å²) in [6.45, 7) is 9.23. The molecule has 4 nitrogen and oxygen atoms in total. The molecular weight excluding hydrogens is 386 g/mol. The zero-order valence-corrected chi connectivity index (χ0v) is 19.8. The molecule has 0 spiro atoms. The standard InChI is InChI=1S/C27H43NO3/c1-15-4-7-25-27(3,31)21-6-5-17-18(20(21)14-28(25)13-15)11-22-19(17)12-24(30)23-10-16(29)8-9-26(22,23)2/h15-23,25,29,31H,4-14H2,1-3H3/t15-,16-,17-,18-,19-,20-,21-,22-,23+,25+,26-,27-/m1/s1. The maximum absolute atomic E-state index is 13.2. The van der Waals surface area contributed by atoms with Crippen molar-refractivity contribution in [1.82, 2.24) is 4.90 Å². The maximum atomic E-state index is 13.2. The van der Waals surface area contributed by atoms with Crippen LogP contribution in [0.3, 0.4) is 0 Å². The molecule has 0 unspecified atom stereocenters. The van der Waals surface area contributed by atoms with E-state index < -0.39 is 5.60 Å². The number of nitrogens with zero attached hydrogens (tertiary/aromatic N) is 1. The van der Waals surface area contributed by atoms with Gasteiger partial charge in [0.1, 0.15) is 5.78 Å². The molecule has 0 aromatic carbocycles. The van der Waals surface area contributed by atoms with Gasteiger partial charge in [-0.2, -0.15) is 0 Å². The fourth-order valence-electron chi connectivity index (χ4n) is 10.4. The molecule has 6 fully saturated rings. The van der Waals surface area contributed by atoms with Gasteiger partial charge in [0.15, 0.2) is 0 Å². The van der Waals surface area contributed by atoms with Gasteiger partial charge >= 0.3 is 0 Å². The van der Waals surface area contributed by atoms with E-state index in [2.05, 4.69) is 25.7 Å². The number of hydrogen-bond donors (Lipinski definition) is 2. The van der Waals surface area contributed by atoms with Crippen molar-refractivity contribution in [2.45, 2.75) is 96.3 Å². The molecular formula is C27H43NO3. The molecule has 12 atom stereocenters. The van der Waals surface area contributed by atoms with Crippen molar-refractivity contribution in [1.29, 1.82) is 0 Å². The first kappa shape index (κ1) is 21.1. The fourth-order valence-corrected chi connectivity index (χ4v) is 10.4. The van der Waals surface area contributed by atoms with Crippen molar-refractivity contribution < 1.29 is 15.0 Å². The van der Waals surface area contributed by atoms with Crippen LogP contribution in [0.25, 0.3) is 0 Å². The zero-order valence-electron chi connectivity index (χ0n) is 19.8. The second kappa shape index (κ2) is 7.03. The summed E-state index contributed by atoms with van der Waals surface area (Å²) < 4.78 is 0. The van der Waals surface area contributed by atoms with Crippen molar-refractivity contribution >= 4 is 5.78 Å². The minimum atomic E-state index is -0.570. The Morgan fingerprint density at radius 2 is 1.71 bits per heavy atom. The van der Waals surface area contributed by atoms with Crippen molar-refractivity contribution in [3.05, 3.63) is 0 Å². The van der Waals surface area contributed by atoms with E-state index in [1.54, 1.807) is 0 Å². The molecule has 4 aliphatic carbocycles. The molecule has 6 rings (SSSR count). The van der Waals surface area contributed by atoms with Gasteiger partial charge in [0.25, 0.3) is 0 Å². The molecule has 2 N–H and O–H groups in total. The number of hydrogen-bond acceptors (Lipinski definition) is 4. The normalized spacial score (nSPS) is 59.2. The summed E-state index contributed by atoms with van der Waals surface area (Å²) >= 11 is 0. The lowest BCUT2D eigenvalue weighted by Crippen LogP contribution is -2.67. The van der Waals surface area contributed by atoms with Crippen LogP contribution in [-0.4, -0.2) is 51.7 Å². The van der Waals surface area contributed by atoms with E-state index in [9.17, 15) is 15.0 Å². The van der Waals surface area contributed by atoms with Crippen LogP contribution in [0.4, 0.5) is 0 Å². The Morgan fingerprint density at radius 3 is 2.52 bits per heavy atom. The van der Waals surface area contributed by atoms with Crippen LogP contribution < -0.4 is 0 Å². The Morgan fingerprint density at radius 1 is 0.903 bits per heavy atom. The number of aliphatic hydroxyl groups is 2. The van der Waals surface area contributed by atoms with Crippen LogP contribution in [0.15, 0.2) is 0 Å². The largest absolute Gasteiger partial charge is 0.393 e. The summed E-state index contributed by atoms with van der Waals surface area (Å²) in [6, 6.07) is 0.341. The molecule has 4 saturated carbocycles. The zero-order chi connectivity index (χ0) is 21.7. The van der Waals surface area contributed by atoms with Crippen molar-refractivity contribution in [2.75, 3.05) is 13.1 Å². The van der Waals surface area contributed by atoms with E-state index in [0.29, 0.717) is 53.8 Å². The predicted molar refractivity (Wildman–Crippen MR) is 120 cm³/mol. The first-order valence-corrected chi connectivity index (χ1v) is 13.4. The highest BCUT2D eigenvalue weighted by Crippen LogP contribution is 2.66. The number of rotatable bonds is 0. The van der Waals surface area contributed by atoms with Gasteiger partial charge in [0, 0.05) is 31.5 Å². The van der Waals surface area contributed by atoms with Gasteiger partial charge in [-0.05, 0) is 105 Å². The first-order valence-electron chi connectivity index (χ1n) is 13.4. The topological polar surface area (TPSA) is 60.8 Å². The Bertz CT molecular complexity index is 751. The third-order valence-corrected chi connectivity index (χ3v) is 11.8. The number of fused-ring (bicyclic) bond motifs is 8.